The maximum absolute atomic E-state index is 11.6. The smallest absolute Gasteiger partial charge is 0.162 e. The van der Waals surface area contributed by atoms with E-state index in [1.165, 1.54) is 20.9 Å². The first kappa shape index (κ1) is 13.9. The molecule has 0 amide bonds. The number of hydrogen-bond donors (Lipinski definition) is 0. The molecule has 2 aromatic rings. The summed E-state index contributed by atoms with van der Waals surface area (Å²) in [5.41, 5.74) is 3.37. The number of rotatable bonds is 4. The van der Waals surface area contributed by atoms with Crippen molar-refractivity contribution in [2.24, 2.45) is 0 Å². The third-order valence-corrected chi connectivity index (χ3v) is 4.24. The molecule has 0 radical (unpaired) electrons. The Bertz CT molecular complexity index is 585. The highest BCUT2D eigenvalue weighted by atomic mass is 32.2. The molecule has 0 atom stereocenters. The van der Waals surface area contributed by atoms with Crippen molar-refractivity contribution in [2.45, 2.75) is 37.0 Å². The second-order valence-corrected chi connectivity index (χ2v) is 5.79. The van der Waals surface area contributed by atoms with E-state index < -0.39 is 0 Å². The van der Waals surface area contributed by atoms with Crippen LogP contribution in [0.2, 0.25) is 0 Å². The third kappa shape index (κ3) is 3.48. The Hall–Kier alpha value is -1.54. The Balaban J connectivity index is 2.17. The molecule has 0 heterocycles. The maximum Gasteiger partial charge on any atom is 0.162 e. The quantitative estimate of drug-likeness (QED) is 0.723. The lowest BCUT2D eigenvalue weighted by Gasteiger charge is -2.07. The second-order valence-electron chi connectivity index (χ2n) is 4.67. The van der Waals surface area contributed by atoms with Crippen LogP contribution in [0.3, 0.4) is 0 Å². The van der Waals surface area contributed by atoms with Gasteiger partial charge in [0.2, 0.25) is 0 Å². The number of benzene rings is 2. The maximum atomic E-state index is 11.6. The van der Waals surface area contributed by atoms with Crippen LogP contribution in [0.1, 0.15) is 34.8 Å². The molecule has 0 saturated carbocycles. The zero-order chi connectivity index (χ0) is 13.8. The van der Waals surface area contributed by atoms with Crippen LogP contribution in [0.5, 0.6) is 0 Å². The largest absolute Gasteiger partial charge is 0.294 e. The van der Waals surface area contributed by atoms with Gasteiger partial charge in [-0.2, -0.15) is 0 Å². The number of aryl methyl sites for hydroxylation is 2. The van der Waals surface area contributed by atoms with Gasteiger partial charge in [0.15, 0.2) is 5.78 Å². The predicted octanol–water partition coefficient (Wildman–Crippen LogP) is 5.05. The highest BCUT2D eigenvalue weighted by molar-refractivity contribution is 7.99. The molecule has 0 aromatic heterocycles. The molecule has 0 aliphatic heterocycles. The molecule has 0 saturated heterocycles. The van der Waals surface area contributed by atoms with E-state index in [0.717, 1.165) is 5.56 Å². The lowest BCUT2D eigenvalue weighted by atomic mass is 10.1. The first-order valence-corrected chi connectivity index (χ1v) is 7.30. The summed E-state index contributed by atoms with van der Waals surface area (Å²) in [6.07, 6.45) is 0.559. The van der Waals surface area contributed by atoms with Crippen LogP contribution in [-0.4, -0.2) is 5.78 Å². The van der Waals surface area contributed by atoms with E-state index in [1.54, 1.807) is 11.8 Å². The van der Waals surface area contributed by atoms with Crippen LogP contribution < -0.4 is 0 Å². The van der Waals surface area contributed by atoms with Crippen molar-refractivity contribution >= 4 is 17.5 Å². The summed E-state index contributed by atoms with van der Waals surface area (Å²) in [5, 5.41) is 0. The normalized spacial score (nSPS) is 10.5. The number of carbonyl (C=O) groups excluding carboxylic acids is 1. The molecule has 0 fully saturated rings. The number of Topliss-reactive ketones (excluding diaryl/α,β-unsaturated/α-hetero) is 1. The summed E-state index contributed by atoms with van der Waals surface area (Å²) in [6.45, 7) is 6.12. The zero-order valence-electron chi connectivity index (χ0n) is 11.6. The van der Waals surface area contributed by atoms with Crippen LogP contribution in [0.15, 0.2) is 52.3 Å². The molecule has 0 bridgehead atoms. The summed E-state index contributed by atoms with van der Waals surface area (Å²) < 4.78 is 0. The first-order valence-electron chi connectivity index (χ1n) is 6.48. The lowest BCUT2D eigenvalue weighted by Crippen LogP contribution is -1.95. The molecule has 0 spiro atoms. The van der Waals surface area contributed by atoms with Crippen molar-refractivity contribution in [3.05, 3.63) is 59.2 Å². The van der Waals surface area contributed by atoms with Gasteiger partial charge in [0, 0.05) is 21.8 Å². The van der Waals surface area contributed by atoms with Gasteiger partial charge in [-0.3, -0.25) is 4.79 Å². The minimum atomic E-state index is 0.197. The van der Waals surface area contributed by atoms with E-state index in [9.17, 15) is 4.79 Å². The fourth-order valence-electron chi connectivity index (χ4n) is 1.95. The molecule has 2 aromatic carbocycles. The summed E-state index contributed by atoms with van der Waals surface area (Å²) in [4.78, 5) is 14.0. The summed E-state index contributed by atoms with van der Waals surface area (Å²) >= 11 is 1.74. The molecule has 0 unspecified atom stereocenters. The Morgan fingerprint density at radius 2 is 1.74 bits per heavy atom. The van der Waals surface area contributed by atoms with Gasteiger partial charge in [-0.05, 0) is 37.6 Å². The summed E-state index contributed by atoms with van der Waals surface area (Å²) in [5.74, 6) is 0.197. The average Bonchev–Trinajstić information content (AvgIpc) is 2.42. The molecule has 2 heteroatoms. The fourth-order valence-corrected chi connectivity index (χ4v) is 2.84. The van der Waals surface area contributed by atoms with Gasteiger partial charge >= 0.3 is 0 Å². The number of hydrogen-bond acceptors (Lipinski definition) is 2. The highest BCUT2D eigenvalue weighted by Crippen LogP contribution is 2.30. The molecule has 98 valence electrons. The Kier molecular flexibility index (Phi) is 4.43. The average molecular weight is 270 g/mol. The SMILES string of the molecule is CCC(=O)c1ccc(Sc2ccc(C)cc2C)cc1. The lowest BCUT2D eigenvalue weighted by molar-refractivity contribution is 0.0988. The van der Waals surface area contributed by atoms with Gasteiger partial charge < -0.3 is 0 Å². The van der Waals surface area contributed by atoms with Gasteiger partial charge in [0.1, 0.15) is 0 Å². The van der Waals surface area contributed by atoms with E-state index in [4.69, 9.17) is 0 Å². The van der Waals surface area contributed by atoms with E-state index >= 15 is 0 Å². The number of carbonyl (C=O) groups is 1. The molecule has 0 N–H and O–H groups in total. The Labute approximate surface area is 119 Å². The Morgan fingerprint density at radius 3 is 2.32 bits per heavy atom. The molecule has 1 nitrogen and oxygen atoms in total. The zero-order valence-corrected chi connectivity index (χ0v) is 12.4. The Morgan fingerprint density at radius 1 is 1.05 bits per heavy atom. The van der Waals surface area contributed by atoms with Gasteiger partial charge in [-0.1, -0.05) is 48.5 Å². The van der Waals surface area contributed by atoms with Crippen molar-refractivity contribution < 1.29 is 4.79 Å². The second kappa shape index (κ2) is 6.07. The monoisotopic (exact) mass is 270 g/mol. The van der Waals surface area contributed by atoms with E-state index in [-0.39, 0.29) is 5.78 Å². The summed E-state index contributed by atoms with van der Waals surface area (Å²) in [7, 11) is 0. The predicted molar refractivity (Wildman–Crippen MR) is 81.1 cm³/mol. The van der Waals surface area contributed by atoms with E-state index in [1.807, 2.05) is 31.2 Å². The van der Waals surface area contributed by atoms with E-state index in [2.05, 4.69) is 32.0 Å². The van der Waals surface area contributed by atoms with Gasteiger partial charge in [0.25, 0.3) is 0 Å². The van der Waals surface area contributed by atoms with Gasteiger partial charge in [-0.25, -0.2) is 0 Å². The van der Waals surface area contributed by atoms with Crippen molar-refractivity contribution in [1.29, 1.82) is 0 Å². The van der Waals surface area contributed by atoms with Crippen LogP contribution >= 0.6 is 11.8 Å². The van der Waals surface area contributed by atoms with Crippen LogP contribution in [0, 0.1) is 13.8 Å². The molecular formula is C17H18OS. The molecular weight excluding hydrogens is 252 g/mol. The van der Waals surface area contributed by atoms with Crippen molar-refractivity contribution in [3.63, 3.8) is 0 Å². The van der Waals surface area contributed by atoms with Gasteiger partial charge in [-0.15, -0.1) is 0 Å². The first-order chi connectivity index (χ1) is 9.10. The van der Waals surface area contributed by atoms with Crippen molar-refractivity contribution in [2.75, 3.05) is 0 Å². The summed E-state index contributed by atoms with van der Waals surface area (Å²) in [6, 6.07) is 14.3. The standard InChI is InChI=1S/C17H18OS/c1-4-16(18)14-6-8-15(9-7-14)19-17-10-5-12(2)11-13(17)3/h5-11H,4H2,1-3H3. The number of ketones is 1. The molecule has 2 rings (SSSR count). The van der Waals surface area contributed by atoms with Crippen LogP contribution in [0.25, 0.3) is 0 Å². The van der Waals surface area contributed by atoms with E-state index in [0.29, 0.717) is 6.42 Å². The minimum absolute atomic E-state index is 0.197. The van der Waals surface area contributed by atoms with Gasteiger partial charge in [0.05, 0.1) is 0 Å². The fraction of sp³-hybridized carbons (Fsp3) is 0.235. The van der Waals surface area contributed by atoms with Crippen LogP contribution in [0.4, 0.5) is 0 Å². The van der Waals surface area contributed by atoms with Crippen LogP contribution in [-0.2, 0) is 0 Å². The minimum Gasteiger partial charge on any atom is -0.294 e. The van der Waals surface area contributed by atoms with Crippen molar-refractivity contribution in [3.8, 4) is 0 Å². The molecule has 0 aliphatic rings. The molecule has 0 aliphatic carbocycles. The topological polar surface area (TPSA) is 17.1 Å². The third-order valence-electron chi connectivity index (χ3n) is 3.06. The highest BCUT2D eigenvalue weighted by Gasteiger charge is 2.04. The molecule has 19 heavy (non-hydrogen) atoms. The van der Waals surface area contributed by atoms with Crippen molar-refractivity contribution in [1.82, 2.24) is 0 Å².